The van der Waals surface area contributed by atoms with Crippen LogP contribution in [-0.4, -0.2) is 33.9 Å². The Balaban J connectivity index is 2.29. The Hall–Kier alpha value is -2.08. The van der Waals surface area contributed by atoms with Crippen LogP contribution in [-0.2, 0) is 0 Å². The summed E-state index contributed by atoms with van der Waals surface area (Å²) in [5, 5.41) is 19.0. The predicted molar refractivity (Wildman–Crippen MR) is 64.5 cm³/mol. The molecule has 0 spiro atoms. The quantitative estimate of drug-likeness (QED) is 0.571. The van der Waals surface area contributed by atoms with Crippen molar-refractivity contribution in [2.24, 2.45) is 0 Å². The maximum atomic E-state index is 11.8. The average molecular weight is 234 g/mol. The number of hydrogen-bond donors (Lipinski definition) is 4. The third-order valence-electron chi connectivity index (χ3n) is 2.36. The van der Waals surface area contributed by atoms with Crippen molar-refractivity contribution in [2.75, 3.05) is 12.3 Å². The van der Waals surface area contributed by atoms with E-state index in [-0.39, 0.29) is 18.1 Å². The van der Waals surface area contributed by atoms with Crippen LogP contribution in [0, 0.1) is 0 Å². The van der Waals surface area contributed by atoms with Crippen LogP contribution in [0.15, 0.2) is 18.2 Å². The molecule has 0 bridgehead atoms. The van der Waals surface area contributed by atoms with Gasteiger partial charge in [0.1, 0.15) is 0 Å². The highest BCUT2D eigenvalue weighted by atomic mass is 16.3. The molecule has 0 fully saturated rings. The molecule has 0 aliphatic carbocycles. The van der Waals surface area contributed by atoms with Crippen molar-refractivity contribution < 1.29 is 9.90 Å². The number of aliphatic hydroxyl groups is 1. The molecule has 1 aromatic carbocycles. The van der Waals surface area contributed by atoms with Gasteiger partial charge in [-0.2, -0.15) is 5.10 Å². The molecular weight excluding hydrogens is 220 g/mol. The number of nitrogens with zero attached hydrogens (tertiary/aromatic N) is 1. The fraction of sp³-hybridized carbons (Fsp3) is 0.273. The molecule has 2 aromatic rings. The van der Waals surface area contributed by atoms with Gasteiger partial charge in [0.25, 0.3) is 5.91 Å². The molecule has 0 radical (unpaired) electrons. The number of amides is 1. The molecule has 1 atom stereocenters. The molecular formula is C11H14N4O2. The molecule has 0 saturated carbocycles. The molecule has 1 heterocycles. The van der Waals surface area contributed by atoms with E-state index in [1.807, 2.05) is 0 Å². The molecule has 5 N–H and O–H groups in total. The minimum Gasteiger partial charge on any atom is -0.399 e. The molecule has 1 unspecified atom stereocenters. The van der Waals surface area contributed by atoms with Gasteiger partial charge >= 0.3 is 0 Å². The Labute approximate surface area is 97.8 Å². The van der Waals surface area contributed by atoms with E-state index in [9.17, 15) is 4.79 Å². The summed E-state index contributed by atoms with van der Waals surface area (Å²) in [6, 6.07) is 5.19. The van der Waals surface area contributed by atoms with Gasteiger partial charge in [-0.1, -0.05) is 0 Å². The Morgan fingerprint density at radius 3 is 3.12 bits per heavy atom. The van der Waals surface area contributed by atoms with Crippen molar-refractivity contribution in [1.82, 2.24) is 15.5 Å². The summed E-state index contributed by atoms with van der Waals surface area (Å²) < 4.78 is 0. The van der Waals surface area contributed by atoms with Crippen LogP contribution in [0.4, 0.5) is 5.69 Å². The first-order valence-corrected chi connectivity index (χ1v) is 5.28. The third kappa shape index (κ3) is 2.36. The highest BCUT2D eigenvalue weighted by molar-refractivity contribution is 6.05. The van der Waals surface area contributed by atoms with E-state index in [1.54, 1.807) is 25.1 Å². The maximum Gasteiger partial charge on any atom is 0.272 e. The van der Waals surface area contributed by atoms with E-state index in [1.165, 1.54) is 0 Å². The van der Waals surface area contributed by atoms with Crippen LogP contribution >= 0.6 is 0 Å². The number of nitrogen functional groups attached to an aromatic ring is 1. The van der Waals surface area contributed by atoms with Gasteiger partial charge in [-0.25, -0.2) is 0 Å². The van der Waals surface area contributed by atoms with Crippen LogP contribution in [0.25, 0.3) is 10.9 Å². The largest absolute Gasteiger partial charge is 0.399 e. The fourth-order valence-electron chi connectivity index (χ4n) is 1.53. The van der Waals surface area contributed by atoms with Crippen molar-refractivity contribution >= 4 is 22.5 Å². The average Bonchev–Trinajstić information content (AvgIpc) is 2.68. The number of anilines is 1. The third-order valence-corrected chi connectivity index (χ3v) is 2.36. The van der Waals surface area contributed by atoms with Crippen molar-refractivity contribution in [3.8, 4) is 0 Å². The number of rotatable bonds is 3. The van der Waals surface area contributed by atoms with E-state index in [4.69, 9.17) is 10.8 Å². The molecule has 17 heavy (non-hydrogen) atoms. The number of aromatic amines is 1. The number of H-pyrrole nitrogens is 1. The van der Waals surface area contributed by atoms with Gasteiger partial charge in [-0.3, -0.25) is 9.89 Å². The maximum absolute atomic E-state index is 11.8. The van der Waals surface area contributed by atoms with Crippen LogP contribution < -0.4 is 11.1 Å². The lowest BCUT2D eigenvalue weighted by molar-refractivity contribution is 0.0920. The first kappa shape index (κ1) is 11.4. The SMILES string of the molecule is CC(O)CNC(=O)c1n[nH]c2ccc(N)cc12. The number of hydrogen-bond acceptors (Lipinski definition) is 4. The van der Waals surface area contributed by atoms with Crippen LogP contribution in [0.1, 0.15) is 17.4 Å². The Bertz CT molecular complexity index is 547. The molecule has 1 aromatic heterocycles. The number of nitrogens with one attached hydrogen (secondary N) is 2. The van der Waals surface area contributed by atoms with Gasteiger partial charge in [0.05, 0.1) is 11.6 Å². The number of carbonyl (C=O) groups is 1. The van der Waals surface area contributed by atoms with Crippen molar-refractivity contribution in [1.29, 1.82) is 0 Å². The second-order valence-electron chi connectivity index (χ2n) is 3.94. The van der Waals surface area contributed by atoms with Crippen molar-refractivity contribution in [2.45, 2.75) is 13.0 Å². The number of aliphatic hydroxyl groups excluding tert-OH is 1. The normalized spacial score (nSPS) is 12.6. The molecule has 2 rings (SSSR count). The summed E-state index contributed by atoms with van der Waals surface area (Å²) in [7, 11) is 0. The molecule has 1 amide bonds. The topological polar surface area (TPSA) is 104 Å². The predicted octanol–water partition coefficient (Wildman–Crippen LogP) is 0.256. The van der Waals surface area contributed by atoms with E-state index in [2.05, 4.69) is 15.5 Å². The van der Waals surface area contributed by atoms with Crippen molar-refractivity contribution in [3.05, 3.63) is 23.9 Å². The highest BCUT2D eigenvalue weighted by Gasteiger charge is 2.14. The van der Waals surface area contributed by atoms with Crippen LogP contribution in [0.5, 0.6) is 0 Å². The zero-order valence-corrected chi connectivity index (χ0v) is 9.40. The number of nitrogens with two attached hydrogens (primary N) is 1. The minimum atomic E-state index is -0.589. The summed E-state index contributed by atoms with van der Waals surface area (Å²) in [4.78, 5) is 11.8. The van der Waals surface area contributed by atoms with Gasteiger partial charge < -0.3 is 16.2 Å². The standard InChI is InChI=1S/C11H14N4O2/c1-6(16)5-13-11(17)10-8-4-7(12)2-3-9(8)14-15-10/h2-4,6,16H,5,12H2,1H3,(H,13,17)(H,14,15). The molecule has 6 heteroatoms. The lowest BCUT2D eigenvalue weighted by Crippen LogP contribution is -2.30. The molecule has 0 saturated heterocycles. The number of carbonyl (C=O) groups excluding carboxylic acids is 1. The van der Waals surface area contributed by atoms with E-state index in [0.29, 0.717) is 11.1 Å². The van der Waals surface area contributed by atoms with Crippen LogP contribution in [0.3, 0.4) is 0 Å². The van der Waals surface area contributed by atoms with Gasteiger partial charge in [0.15, 0.2) is 5.69 Å². The second kappa shape index (κ2) is 4.42. The number of benzene rings is 1. The summed E-state index contributed by atoms with van der Waals surface area (Å²) in [5.74, 6) is -0.331. The Kier molecular flexibility index (Phi) is 2.97. The Morgan fingerprint density at radius 2 is 2.41 bits per heavy atom. The zero-order chi connectivity index (χ0) is 12.4. The monoisotopic (exact) mass is 234 g/mol. The van der Waals surface area contributed by atoms with Gasteiger partial charge in [-0.05, 0) is 25.1 Å². The Morgan fingerprint density at radius 1 is 1.65 bits per heavy atom. The number of fused-ring (bicyclic) bond motifs is 1. The smallest absolute Gasteiger partial charge is 0.272 e. The highest BCUT2D eigenvalue weighted by Crippen LogP contribution is 2.18. The lowest BCUT2D eigenvalue weighted by atomic mass is 10.2. The minimum absolute atomic E-state index is 0.190. The van der Waals surface area contributed by atoms with E-state index in [0.717, 1.165) is 5.52 Å². The van der Waals surface area contributed by atoms with Gasteiger partial charge in [-0.15, -0.1) is 0 Å². The molecule has 90 valence electrons. The fourth-order valence-corrected chi connectivity index (χ4v) is 1.53. The van der Waals surface area contributed by atoms with Gasteiger partial charge in [0.2, 0.25) is 0 Å². The lowest BCUT2D eigenvalue weighted by Gasteiger charge is -2.05. The molecule has 0 aliphatic rings. The van der Waals surface area contributed by atoms with Crippen LogP contribution in [0.2, 0.25) is 0 Å². The molecule has 0 aliphatic heterocycles. The van der Waals surface area contributed by atoms with Crippen molar-refractivity contribution in [3.63, 3.8) is 0 Å². The summed E-state index contributed by atoms with van der Waals surface area (Å²) in [5.41, 5.74) is 7.27. The van der Waals surface area contributed by atoms with E-state index < -0.39 is 6.10 Å². The first-order chi connectivity index (χ1) is 8.08. The first-order valence-electron chi connectivity index (χ1n) is 5.28. The summed E-state index contributed by atoms with van der Waals surface area (Å²) in [6.45, 7) is 1.79. The summed E-state index contributed by atoms with van der Waals surface area (Å²) in [6.07, 6.45) is -0.589. The molecule has 6 nitrogen and oxygen atoms in total. The zero-order valence-electron chi connectivity index (χ0n) is 9.40. The summed E-state index contributed by atoms with van der Waals surface area (Å²) >= 11 is 0. The number of aromatic nitrogens is 2. The van der Waals surface area contributed by atoms with E-state index >= 15 is 0 Å². The van der Waals surface area contributed by atoms with Gasteiger partial charge in [0, 0.05) is 17.6 Å². The second-order valence-corrected chi connectivity index (χ2v) is 3.94.